The quantitative estimate of drug-likeness (QED) is 0.169. The first-order valence-electron chi connectivity index (χ1n) is 10.6. The number of hydrogen-bond acceptors (Lipinski definition) is 8. The van der Waals surface area contributed by atoms with Gasteiger partial charge in [0.25, 0.3) is 17.5 Å². The molecule has 180 valence electrons. The molecule has 2 aromatic rings. The van der Waals surface area contributed by atoms with E-state index in [0.717, 1.165) is 22.4 Å². The number of imide groups is 1. The van der Waals surface area contributed by atoms with E-state index in [2.05, 4.69) is 0 Å². The highest BCUT2D eigenvalue weighted by atomic mass is 16.6. The van der Waals surface area contributed by atoms with Crippen LogP contribution in [0.25, 0.3) is 0 Å². The van der Waals surface area contributed by atoms with Crippen LogP contribution in [0.4, 0.5) is 5.69 Å². The first-order chi connectivity index (χ1) is 16.1. The van der Waals surface area contributed by atoms with Crippen molar-refractivity contribution >= 4 is 29.3 Å². The van der Waals surface area contributed by atoms with Crippen molar-refractivity contribution in [2.45, 2.75) is 33.2 Å². The molecule has 2 amide bonds. The van der Waals surface area contributed by atoms with Crippen LogP contribution >= 0.6 is 0 Å². The van der Waals surface area contributed by atoms with Crippen LogP contribution in [-0.2, 0) is 14.3 Å². The van der Waals surface area contributed by atoms with Crippen LogP contribution in [0, 0.1) is 24.0 Å². The number of aryl methyl sites for hydroxylation is 1. The fourth-order valence-corrected chi connectivity index (χ4v) is 4.22. The lowest BCUT2D eigenvalue weighted by Gasteiger charge is -2.17. The molecule has 0 saturated heterocycles. The second-order valence-corrected chi connectivity index (χ2v) is 8.01. The monoisotopic (exact) mass is 471 g/mol. The minimum absolute atomic E-state index is 0.0181. The zero-order valence-electron chi connectivity index (χ0n) is 19.3. The molecule has 0 fully saturated rings. The number of nitro benzene ring substituents is 1. The summed E-state index contributed by atoms with van der Waals surface area (Å²) in [5.74, 6) is -2.71. The molecule has 0 radical (unpaired) electrons. The van der Waals surface area contributed by atoms with Crippen molar-refractivity contribution in [1.82, 2.24) is 9.47 Å². The highest BCUT2D eigenvalue weighted by Crippen LogP contribution is 2.30. The zero-order chi connectivity index (χ0) is 25.2. The molecule has 34 heavy (non-hydrogen) atoms. The van der Waals surface area contributed by atoms with Crippen molar-refractivity contribution in [3.63, 3.8) is 0 Å². The van der Waals surface area contributed by atoms with Gasteiger partial charge in [-0.25, -0.2) is 0 Å². The number of hydrogen-bond donors (Lipinski definition) is 0. The van der Waals surface area contributed by atoms with Gasteiger partial charge in [-0.15, -0.1) is 0 Å². The topological polar surface area (TPSA) is 138 Å². The standard InChI is InChI=1S/C23H25N3O8/c1-13-10-17(15(3)25(13)14(2)11-33-4)19(27)12-34-20(28)8-9-24-22(29)16-6-5-7-18(26(31)32)21(16)23(24)30/h5-7,10,14H,8-9,11-12H2,1-4H3/t14-/m0/s1. The lowest BCUT2D eigenvalue weighted by molar-refractivity contribution is -0.385. The van der Waals surface area contributed by atoms with E-state index in [1.54, 1.807) is 20.1 Å². The molecule has 11 nitrogen and oxygen atoms in total. The number of nitro groups is 1. The number of Topliss-reactive ketones (excluding diaryl/α,β-unsaturated/α-hetero) is 1. The Labute approximate surface area is 195 Å². The maximum Gasteiger partial charge on any atom is 0.308 e. The van der Waals surface area contributed by atoms with Crippen molar-refractivity contribution in [2.24, 2.45) is 0 Å². The van der Waals surface area contributed by atoms with Crippen molar-refractivity contribution in [1.29, 1.82) is 0 Å². The largest absolute Gasteiger partial charge is 0.457 e. The van der Waals surface area contributed by atoms with E-state index in [9.17, 15) is 29.3 Å². The average Bonchev–Trinajstić information content (AvgIpc) is 3.23. The smallest absolute Gasteiger partial charge is 0.308 e. The molecule has 0 spiro atoms. The second-order valence-electron chi connectivity index (χ2n) is 8.01. The van der Waals surface area contributed by atoms with Crippen LogP contribution in [-0.4, -0.2) is 64.8 Å². The van der Waals surface area contributed by atoms with Gasteiger partial charge in [0.2, 0.25) is 5.78 Å². The molecular formula is C23H25N3O8. The number of aromatic nitrogens is 1. The van der Waals surface area contributed by atoms with E-state index in [1.165, 1.54) is 12.1 Å². The highest BCUT2D eigenvalue weighted by molar-refractivity contribution is 6.23. The van der Waals surface area contributed by atoms with Crippen molar-refractivity contribution in [3.8, 4) is 0 Å². The van der Waals surface area contributed by atoms with Crippen LogP contribution in [0.1, 0.15) is 61.8 Å². The third-order valence-corrected chi connectivity index (χ3v) is 5.71. The van der Waals surface area contributed by atoms with Crippen LogP contribution in [0.2, 0.25) is 0 Å². The van der Waals surface area contributed by atoms with Gasteiger partial charge in [0, 0.05) is 36.7 Å². The number of nitrogens with zero attached hydrogens (tertiary/aromatic N) is 3. The Morgan fingerprint density at radius 3 is 2.53 bits per heavy atom. The maximum atomic E-state index is 12.6. The Morgan fingerprint density at radius 2 is 1.88 bits per heavy atom. The predicted molar refractivity (Wildman–Crippen MR) is 119 cm³/mol. The number of ketones is 1. The van der Waals surface area contributed by atoms with Crippen LogP contribution in [0.3, 0.4) is 0 Å². The van der Waals surface area contributed by atoms with E-state index in [0.29, 0.717) is 12.2 Å². The number of benzene rings is 1. The third kappa shape index (κ3) is 4.60. The molecule has 11 heteroatoms. The maximum absolute atomic E-state index is 12.6. The summed E-state index contributed by atoms with van der Waals surface area (Å²) in [4.78, 5) is 61.1. The van der Waals surface area contributed by atoms with Crippen molar-refractivity contribution in [2.75, 3.05) is 26.9 Å². The first-order valence-corrected chi connectivity index (χ1v) is 10.6. The van der Waals surface area contributed by atoms with Gasteiger partial charge in [-0.2, -0.15) is 0 Å². The van der Waals surface area contributed by atoms with E-state index >= 15 is 0 Å². The summed E-state index contributed by atoms with van der Waals surface area (Å²) >= 11 is 0. The molecule has 1 atom stereocenters. The number of esters is 1. The first kappa shape index (κ1) is 24.8. The van der Waals surface area contributed by atoms with Gasteiger partial charge in [0.05, 0.1) is 29.6 Å². The fraction of sp³-hybridized carbons (Fsp3) is 0.391. The Balaban J connectivity index is 1.59. The van der Waals surface area contributed by atoms with E-state index < -0.39 is 35.0 Å². The number of carbonyl (C=O) groups excluding carboxylic acids is 4. The summed E-state index contributed by atoms with van der Waals surface area (Å²) in [5, 5.41) is 11.2. The summed E-state index contributed by atoms with van der Waals surface area (Å²) < 4.78 is 12.2. The number of fused-ring (bicyclic) bond motifs is 1. The minimum Gasteiger partial charge on any atom is -0.457 e. The fourth-order valence-electron chi connectivity index (χ4n) is 4.22. The van der Waals surface area contributed by atoms with Crippen LogP contribution in [0.15, 0.2) is 24.3 Å². The van der Waals surface area contributed by atoms with E-state index in [4.69, 9.17) is 9.47 Å². The molecule has 1 aromatic heterocycles. The van der Waals surface area contributed by atoms with Crippen LogP contribution < -0.4 is 0 Å². The van der Waals surface area contributed by atoms with Crippen molar-refractivity contribution < 1.29 is 33.6 Å². The summed E-state index contributed by atoms with van der Waals surface area (Å²) in [7, 11) is 1.60. The molecule has 0 unspecified atom stereocenters. The number of carbonyl (C=O) groups is 4. The average molecular weight is 471 g/mol. The lowest BCUT2D eigenvalue weighted by atomic mass is 10.1. The molecule has 1 aliphatic rings. The molecule has 2 heterocycles. The molecule has 1 aromatic carbocycles. The number of methoxy groups -OCH3 is 1. The molecule has 1 aliphatic heterocycles. The third-order valence-electron chi connectivity index (χ3n) is 5.71. The summed E-state index contributed by atoms with van der Waals surface area (Å²) in [5.41, 5.74) is 1.19. The van der Waals surface area contributed by atoms with Crippen molar-refractivity contribution in [3.05, 3.63) is 62.5 Å². The minimum atomic E-state index is -0.839. The molecule has 0 bridgehead atoms. The predicted octanol–water partition coefficient (Wildman–Crippen LogP) is 2.63. The zero-order valence-corrected chi connectivity index (χ0v) is 19.3. The Hall–Kier alpha value is -3.86. The lowest BCUT2D eigenvalue weighted by Crippen LogP contribution is -2.32. The van der Waals surface area contributed by atoms with Gasteiger partial charge in [-0.1, -0.05) is 6.07 Å². The Bertz CT molecular complexity index is 1180. The van der Waals surface area contributed by atoms with Gasteiger partial charge in [0.15, 0.2) is 6.61 Å². The number of amides is 2. The summed E-state index contributed by atoms with van der Waals surface area (Å²) in [6.45, 7) is 5.30. The molecular weight excluding hydrogens is 446 g/mol. The molecule has 3 rings (SSSR count). The molecule has 0 aliphatic carbocycles. The van der Waals surface area contributed by atoms with Gasteiger partial charge in [-0.3, -0.25) is 34.2 Å². The SMILES string of the molecule is COC[C@H](C)n1c(C)cc(C(=O)COC(=O)CCN2C(=O)c3cccc([N+](=O)[O-])c3C2=O)c1C. The van der Waals surface area contributed by atoms with E-state index in [-0.39, 0.29) is 35.9 Å². The molecule has 0 N–H and O–H groups in total. The Kier molecular flexibility index (Phi) is 7.26. The number of rotatable bonds is 10. The second kappa shape index (κ2) is 9.96. The summed E-state index contributed by atoms with van der Waals surface area (Å²) in [6.07, 6.45) is -0.351. The van der Waals surface area contributed by atoms with Gasteiger partial charge in [-0.05, 0) is 32.9 Å². The molecule has 0 saturated carbocycles. The highest BCUT2D eigenvalue weighted by Gasteiger charge is 2.40. The number of ether oxygens (including phenoxy) is 2. The Morgan fingerprint density at radius 1 is 1.18 bits per heavy atom. The normalized spacial score (nSPS) is 13.7. The summed E-state index contributed by atoms with van der Waals surface area (Å²) in [6, 6.07) is 5.52. The van der Waals surface area contributed by atoms with Gasteiger partial charge >= 0.3 is 5.97 Å². The van der Waals surface area contributed by atoms with Gasteiger partial charge in [0.1, 0.15) is 5.56 Å². The van der Waals surface area contributed by atoms with E-state index in [1.807, 2.05) is 18.4 Å². The van der Waals surface area contributed by atoms with Gasteiger partial charge < -0.3 is 14.0 Å². The van der Waals surface area contributed by atoms with Crippen LogP contribution in [0.5, 0.6) is 0 Å².